The highest BCUT2D eigenvalue weighted by Crippen LogP contribution is 2.16. The summed E-state index contributed by atoms with van der Waals surface area (Å²) in [5.41, 5.74) is 0. The lowest BCUT2D eigenvalue weighted by Crippen LogP contribution is -2.58. The number of carbonyl (C=O) groups excluding carboxylic acids is 2. The molecule has 0 aliphatic carbocycles. The van der Waals surface area contributed by atoms with Gasteiger partial charge in [0.25, 0.3) is 0 Å². The molecule has 1 fully saturated rings. The Kier molecular flexibility index (Phi) is 7.97. The summed E-state index contributed by atoms with van der Waals surface area (Å²) in [5.74, 6) is -1.80. The molecule has 23 heavy (non-hydrogen) atoms. The minimum Gasteiger partial charge on any atom is -0.298 e. The Bertz CT molecular complexity index is 590. The van der Waals surface area contributed by atoms with Gasteiger partial charge in [-0.2, -0.15) is 0 Å². The molecule has 1 heterocycles. The maximum absolute atomic E-state index is 12.0. The molecule has 0 aromatic heterocycles. The van der Waals surface area contributed by atoms with Gasteiger partial charge in [0.15, 0.2) is 0 Å². The van der Waals surface area contributed by atoms with Crippen LogP contribution < -0.4 is 9.44 Å². The predicted octanol–water partition coefficient (Wildman–Crippen LogP) is -0.933. The summed E-state index contributed by atoms with van der Waals surface area (Å²) in [7, 11) is -7.78. The van der Waals surface area contributed by atoms with Crippen LogP contribution in [-0.4, -0.2) is 63.5 Å². The van der Waals surface area contributed by atoms with Crippen molar-refractivity contribution in [2.45, 2.75) is 25.9 Å². The maximum Gasteiger partial charge on any atom is 0.213 e. The van der Waals surface area contributed by atoms with E-state index in [9.17, 15) is 26.4 Å². The molecule has 0 amide bonds. The lowest BCUT2D eigenvalue weighted by Gasteiger charge is -2.24. The molecule has 0 bridgehead atoms. The topological polar surface area (TPSA) is 136 Å². The van der Waals surface area contributed by atoms with Crippen molar-refractivity contribution in [3.63, 3.8) is 0 Å². The number of Topliss-reactive ketones (excluding diaryl/α,β-unsaturated/α-hetero) is 2. The number of rotatable bonds is 2. The third-order valence-corrected chi connectivity index (χ3v) is 7.53. The van der Waals surface area contributed by atoms with Crippen LogP contribution in [0.3, 0.4) is 0 Å². The minimum atomic E-state index is -3.89. The summed E-state index contributed by atoms with van der Waals surface area (Å²) in [5, 5.41) is 0. The second kappa shape index (κ2) is 8.78. The molecular formula is C10H18N2O7S4. The molecule has 0 saturated carbocycles. The van der Waals surface area contributed by atoms with Crippen LogP contribution in [0.5, 0.6) is 0 Å². The highest BCUT2D eigenvalue weighted by atomic mass is 32.2. The average molecular weight is 407 g/mol. The van der Waals surface area contributed by atoms with Crippen molar-refractivity contribution >= 4 is 55.7 Å². The first-order chi connectivity index (χ1) is 10.5. The van der Waals surface area contributed by atoms with E-state index >= 15 is 0 Å². The second-order valence-corrected chi connectivity index (χ2v) is 10.3. The average Bonchev–Trinajstić information content (AvgIpc) is 2.41. The van der Waals surface area contributed by atoms with Crippen molar-refractivity contribution in [2.75, 3.05) is 23.0 Å². The predicted molar refractivity (Wildman–Crippen MR) is 88.8 cm³/mol. The molecule has 1 aliphatic heterocycles. The van der Waals surface area contributed by atoms with Gasteiger partial charge in [-0.05, 0) is 13.8 Å². The molecule has 1 saturated heterocycles. The first-order valence-corrected chi connectivity index (χ1v) is 11.6. The van der Waals surface area contributed by atoms with E-state index in [1.807, 2.05) is 0 Å². The Labute approximate surface area is 144 Å². The van der Waals surface area contributed by atoms with E-state index in [0.717, 1.165) is 37.9 Å². The van der Waals surface area contributed by atoms with Crippen molar-refractivity contribution in [1.29, 1.82) is 0 Å². The summed E-state index contributed by atoms with van der Waals surface area (Å²) in [6.45, 7) is 2.17. The monoisotopic (exact) mass is 406 g/mol. The van der Waals surface area contributed by atoms with Gasteiger partial charge in [0.05, 0.1) is 11.5 Å². The molecule has 1 aliphatic rings. The Balaban J connectivity index is 3.17. The lowest BCUT2D eigenvalue weighted by atomic mass is 10.0. The van der Waals surface area contributed by atoms with Gasteiger partial charge >= 0.3 is 0 Å². The van der Waals surface area contributed by atoms with E-state index in [-0.39, 0.29) is 23.0 Å². The number of hydrogen-bond donors (Lipinski definition) is 2. The fraction of sp³-hybridized carbons (Fsp3) is 0.800. The molecule has 0 aromatic rings. The van der Waals surface area contributed by atoms with Gasteiger partial charge in [-0.3, -0.25) is 9.59 Å². The standard InChI is InChI=1S/C10H18N2O7S4/c1-7(13)9-10(8(2)14)12-23(17,18)6-4-21-19-20-3-5-22(15,16)11-9/h9-12H,3-6H2,1-2H3/t9-,10+. The van der Waals surface area contributed by atoms with Gasteiger partial charge in [-0.15, -0.1) is 0 Å². The Morgan fingerprint density at radius 3 is 1.52 bits per heavy atom. The summed E-state index contributed by atoms with van der Waals surface area (Å²) >= 11 is 1.74. The molecule has 2 atom stereocenters. The summed E-state index contributed by atoms with van der Waals surface area (Å²) in [6.07, 6.45) is 0. The van der Waals surface area contributed by atoms with Crippen LogP contribution in [0, 0.1) is 0 Å². The smallest absolute Gasteiger partial charge is 0.213 e. The second-order valence-electron chi connectivity index (χ2n) is 4.76. The molecule has 9 nitrogen and oxygen atoms in total. The van der Waals surface area contributed by atoms with Crippen molar-refractivity contribution in [3.8, 4) is 0 Å². The van der Waals surface area contributed by atoms with E-state index in [4.69, 9.17) is 3.63 Å². The fourth-order valence-electron chi connectivity index (χ4n) is 1.67. The number of hydrogen-bond acceptors (Lipinski definition) is 9. The fourth-order valence-corrected chi connectivity index (χ4v) is 6.40. The Hall–Kier alpha value is -0.180. The zero-order valence-electron chi connectivity index (χ0n) is 12.5. The molecule has 0 spiro atoms. The van der Waals surface area contributed by atoms with E-state index < -0.39 is 43.7 Å². The third kappa shape index (κ3) is 7.49. The van der Waals surface area contributed by atoms with E-state index in [1.54, 1.807) is 0 Å². The van der Waals surface area contributed by atoms with Crippen molar-refractivity contribution < 1.29 is 30.1 Å². The number of carbonyl (C=O) groups is 2. The van der Waals surface area contributed by atoms with Crippen LogP contribution in [0.1, 0.15) is 13.8 Å². The van der Waals surface area contributed by atoms with Crippen LogP contribution in [0.15, 0.2) is 0 Å². The summed E-state index contributed by atoms with van der Waals surface area (Å²) in [4.78, 5) is 23.5. The lowest BCUT2D eigenvalue weighted by molar-refractivity contribution is -0.125. The van der Waals surface area contributed by atoms with Gasteiger partial charge in [0.2, 0.25) is 20.0 Å². The van der Waals surface area contributed by atoms with Gasteiger partial charge in [-0.25, -0.2) is 29.9 Å². The van der Waals surface area contributed by atoms with Gasteiger partial charge < -0.3 is 0 Å². The van der Waals surface area contributed by atoms with Crippen molar-refractivity contribution in [2.24, 2.45) is 0 Å². The SMILES string of the molecule is CC(=O)[C@H]1NS(=O)(=O)CCSOSCCS(=O)(=O)N[C@H]1C(C)=O. The van der Waals surface area contributed by atoms with Crippen LogP contribution in [0.4, 0.5) is 0 Å². The zero-order chi connectivity index (χ0) is 17.7. The van der Waals surface area contributed by atoms with Crippen molar-refractivity contribution in [1.82, 2.24) is 9.44 Å². The Morgan fingerprint density at radius 1 is 0.870 bits per heavy atom. The molecule has 0 radical (unpaired) electrons. The van der Waals surface area contributed by atoms with Crippen LogP contribution in [-0.2, 0) is 33.3 Å². The molecule has 0 unspecified atom stereocenters. The number of nitrogens with one attached hydrogen (secondary N) is 2. The summed E-state index contributed by atoms with van der Waals surface area (Å²) in [6, 6.07) is -2.99. The normalized spacial score (nSPS) is 29.5. The van der Waals surface area contributed by atoms with Gasteiger partial charge in [-0.1, -0.05) is 0 Å². The van der Waals surface area contributed by atoms with Crippen LogP contribution >= 0.6 is 24.1 Å². The maximum atomic E-state index is 12.0. The van der Waals surface area contributed by atoms with E-state index in [1.165, 1.54) is 0 Å². The molecule has 2 N–H and O–H groups in total. The number of ketones is 2. The first kappa shape index (κ1) is 20.9. The quantitative estimate of drug-likeness (QED) is 0.557. The molecule has 0 aromatic carbocycles. The van der Waals surface area contributed by atoms with E-state index in [2.05, 4.69) is 9.44 Å². The molecule has 13 heteroatoms. The number of sulfonamides is 2. The molecular weight excluding hydrogens is 388 g/mol. The highest BCUT2D eigenvalue weighted by Gasteiger charge is 2.35. The molecule has 1 rings (SSSR count). The van der Waals surface area contributed by atoms with Gasteiger partial charge in [0.1, 0.15) is 23.7 Å². The third-order valence-electron chi connectivity index (χ3n) is 2.79. The van der Waals surface area contributed by atoms with Crippen LogP contribution in [0.2, 0.25) is 0 Å². The molecule has 134 valence electrons. The zero-order valence-corrected chi connectivity index (χ0v) is 15.7. The first-order valence-electron chi connectivity index (χ1n) is 6.46. The van der Waals surface area contributed by atoms with Crippen LogP contribution in [0.25, 0.3) is 0 Å². The van der Waals surface area contributed by atoms with Crippen molar-refractivity contribution in [3.05, 3.63) is 0 Å². The van der Waals surface area contributed by atoms with E-state index in [0.29, 0.717) is 0 Å². The van der Waals surface area contributed by atoms with Gasteiger partial charge in [0, 0.05) is 35.6 Å². The largest absolute Gasteiger partial charge is 0.298 e. The Morgan fingerprint density at radius 2 is 1.22 bits per heavy atom. The summed E-state index contributed by atoms with van der Waals surface area (Å²) < 4.78 is 57.2. The highest BCUT2D eigenvalue weighted by molar-refractivity contribution is 8.08. The minimum absolute atomic E-state index is 0.0951.